The summed E-state index contributed by atoms with van der Waals surface area (Å²) in [4.78, 5) is 29.6. The summed E-state index contributed by atoms with van der Waals surface area (Å²) < 4.78 is 6.13. The molecule has 0 radical (unpaired) electrons. The molecule has 2 aromatic heterocycles. The van der Waals surface area contributed by atoms with E-state index < -0.39 is 0 Å². The number of rotatable bonds is 4. The quantitative estimate of drug-likeness (QED) is 0.830. The van der Waals surface area contributed by atoms with Gasteiger partial charge in [0, 0.05) is 38.7 Å². The average molecular weight is 353 g/mol. The first-order valence-corrected chi connectivity index (χ1v) is 9.03. The number of nitrogens with zero attached hydrogens (tertiary/aromatic N) is 5. The third-order valence-corrected chi connectivity index (χ3v) is 5.16. The van der Waals surface area contributed by atoms with E-state index in [0.29, 0.717) is 12.5 Å². The van der Waals surface area contributed by atoms with Crippen molar-refractivity contribution in [1.29, 1.82) is 0 Å². The third kappa shape index (κ3) is 3.53. The Bertz CT molecular complexity index is 742. The number of ether oxygens (including phenoxy) is 1. The number of carbonyl (C=O) groups is 1. The van der Waals surface area contributed by atoms with Crippen molar-refractivity contribution in [2.75, 3.05) is 25.0 Å². The molecule has 0 spiro atoms. The van der Waals surface area contributed by atoms with Gasteiger partial charge >= 0.3 is 0 Å². The van der Waals surface area contributed by atoms with Crippen LogP contribution < -0.4 is 4.90 Å². The van der Waals surface area contributed by atoms with Crippen LogP contribution in [0.2, 0.25) is 0 Å². The molecule has 2 saturated heterocycles. The fourth-order valence-corrected chi connectivity index (χ4v) is 3.78. The third-order valence-electron chi connectivity index (χ3n) is 5.16. The second-order valence-electron chi connectivity index (χ2n) is 6.96. The molecule has 0 unspecified atom stereocenters. The Morgan fingerprint density at radius 3 is 2.81 bits per heavy atom. The highest BCUT2D eigenvalue weighted by Gasteiger charge is 2.43. The zero-order valence-corrected chi connectivity index (χ0v) is 14.9. The van der Waals surface area contributed by atoms with Crippen LogP contribution in [0.5, 0.6) is 0 Å². The monoisotopic (exact) mass is 353 g/mol. The summed E-state index contributed by atoms with van der Waals surface area (Å²) in [7, 11) is 1.81. The van der Waals surface area contributed by atoms with Crippen LogP contribution in [-0.4, -0.2) is 58.1 Å². The largest absolute Gasteiger partial charge is 0.363 e. The molecule has 136 valence electrons. The minimum Gasteiger partial charge on any atom is -0.363 e. The molecule has 7 heteroatoms. The van der Waals surface area contributed by atoms with Gasteiger partial charge in [-0.05, 0) is 37.0 Å². The highest BCUT2D eigenvalue weighted by molar-refractivity contribution is 5.81. The molecular formula is C19H23N5O2. The number of carbonyl (C=O) groups excluding carboxylic acids is 1. The van der Waals surface area contributed by atoms with Gasteiger partial charge in [0.15, 0.2) is 0 Å². The van der Waals surface area contributed by atoms with Gasteiger partial charge in [0.25, 0.3) is 5.91 Å². The molecule has 0 N–H and O–H groups in total. The zero-order valence-electron chi connectivity index (χ0n) is 14.9. The molecule has 1 amide bonds. The molecule has 2 fully saturated rings. The van der Waals surface area contributed by atoms with Crippen LogP contribution in [0, 0.1) is 5.92 Å². The number of aromatic nitrogens is 3. The van der Waals surface area contributed by atoms with Crippen molar-refractivity contribution in [3.8, 4) is 0 Å². The Labute approximate surface area is 153 Å². The van der Waals surface area contributed by atoms with Crippen LogP contribution in [0.25, 0.3) is 0 Å². The highest BCUT2D eigenvalue weighted by atomic mass is 16.5. The number of anilines is 1. The molecule has 0 saturated carbocycles. The smallest absolute Gasteiger partial charge is 0.251 e. The predicted octanol–water partition coefficient (Wildman–Crippen LogP) is 1.51. The van der Waals surface area contributed by atoms with Crippen molar-refractivity contribution in [2.45, 2.75) is 31.6 Å². The van der Waals surface area contributed by atoms with Crippen LogP contribution >= 0.6 is 0 Å². The summed E-state index contributed by atoms with van der Waals surface area (Å²) in [6, 6.07) is 7.55. The highest BCUT2D eigenvalue weighted by Crippen LogP contribution is 2.34. The van der Waals surface area contributed by atoms with Crippen molar-refractivity contribution in [3.63, 3.8) is 0 Å². The standard InChI is InChI=1S/C19H23N5O2/c1-23(12-15-5-2-3-7-20-15)18(25)16-11-14-6-10-24(13-17(14)26-16)19-21-8-4-9-22-19/h2-5,7-9,14,16-17H,6,10-13H2,1H3/t14-,16+,17-/m1/s1. The lowest BCUT2D eigenvalue weighted by Gasteiger charge is -2.33. The van der Waals surface area contributed by atoms with E-state index in [4.69, 9.17) is 4.74 Å². The maximum absolute atomic E-state index is 12.8. The van der Waals surface area contributed by atoms with E-state index in [9.17, 15) is 4.79 Å². The maximum atomic E-state index is 12.8. The number of fused-ring (bicyclic) bond motifs is 1. The summed E-state index contributed by atoms with van der Waals surface area (Å²) in [6.45, 7) is 2.14. The Kier molecular flexibility index (Phi) is 4.79. The molecule has 2 aromatic rings. The molecule has 0 bridgehead atoms. The Morgan fingerprint density at radius 2 is 2.04 bits per heavy atom. The van der Waals surface area contributed by atoms with Crippen molar-refractivity contribution in [1.82, 2.24) is 19.9 Å². The average Bonchev–Trinajstić information content (AvgIpc) is 3.12. The van der Waals surface area contributed by atoms with Crippen LogP contribution in [-0.2, 0) is 16.1 Å². The molecule has 4 heterocycles. The predicted molar refractivity (Wildman–Crippen MR) is 96.3 cm³/mol. The second-order valence-corrected chi connectivity index (χ2v) is 6.96. The Hall–Kier alpha value is -2.54. The molecule has 4 rings (SSSR count). The van der Waals surface area contributed by atoms with E-state index in [1.165, 1.54) is 0 Å². The molecule has 26 heavy (non-hydrogen) atoms. The Morgan fingerprint density at radius 1 is 1.23 bits per heavy atom. The van der Waals surface area contributed by atoms with Crippen molar-refractivity contribution >= 4 is 11.9 Å². The summed E-state index contributed by atoms with van der Waals surface area (Å²) >= 11 is 0. The van der Waals surface area contributed by atoms with Crippen LogP contribution in [0.1, 0.15) is 18.5 Å². The molecule has 0 aromatic carbocycles. The Balaban J connectivity index is 1.36. The van der Waals surface area contributed by atoms with E-state index in [1.54, 1.807) is 23.5 Å². The van der Waals surface area contributed by atoms with E-state index >= 15 is 0 Å². The van der Waals surface area contributed by atoms with Gasteiger partial charge in [0.05, 0.1) is 18.3 Å². The molecule has 3 atom stereocenters. The van der Waals surface area contributed by atoms with Gasteiger partial charge in [-0.1, -0.05) is 6.07 Å². The molecule has 7 nitrogen and oxygen atoms in total. The van der Waals surface area contributed by atoms with Crippen molar-refractivity contribution in [3.05, 3.63) is 48.5 Å². The number of hydrogen-bond donors (Lipinski definition) is 0. The minimum atomic E-state index is -0.365. The van der Waals surface area contributed by atoms with E-state index in [2.05, 4.69) is 19.9 Å². The lowest BCUT2D eigenvalue weighted by molar-refractivity contribution is -0.142. The molecule has 2 aliphatic heterocycles. The number of amides is 1. The number of pyridine rings is 1. The fourth-order valence-electron chi connectivity index (χ4n) is 3.78. The molecule has 2 aliphatic rings. The first kappa shape index (κ1) is 16.9. The van der Waals surface area contributed by atoms with E-state index in [-0.39, 0.29) is 18.1 Å². The minimum absolute atomic E-state index is 0.0348. The summed E-state index contributed by atoms with van der Waals surface area (Å²) in [5, 5.41) is 0. The molecular weight excluding hydrogens is 330 g/mol. The van der Waals surface area contributed by atoms with E-state index in [1.807, 2.05) is 31.3 Å². The van der Waals surface area contributed by atoms with Crippen molar-refractivity contribution in [2.24, 2.45) is 5.92 Å². The van der Waals surface area contributed by atoms with Gasteiger partial charge in [-0.15, -0.1) is 0 Å². The molecule has 0 aliphatic carbocycles. The van der Waals surface area contributed by atoms with E-state index in [0.717, 1.165) is 37.6 Å². The van der Waals surface area contributed by atoms with Gasteiger partial charge in [-0.2, -0.15) is 0 Å². The van der Waals surface area contributed by atoms with Crippen LogP contribution in [0.3, 0.4) is 0 Å². The topological polar surface area (TPSA) is 71.5 Å². The number of hydrogen-bond acceptors (Lipinski definition) is 6. The SMILES string of the molecule is CN(Cc1ccccn1)C(=O)[C@@H]1C[C@H]2CCN(c3ncccn3)C[C@H]2O1. The lowest BCUT2D eigenvalue weighted by atomic mass is 9.92. The summed E-state index contributed by atoms with van der Waals surface area (Å²) in [6.07, 6.45) is 6.73. The van der Waals surface area contributed by atoms with Crippen molar-refractivity contribution < 1.29 is 9.53 Å². The summed E-state index contributed by atoms with van der Waals surface area (Å²) in [5.74, 6) is 1.19. The normalized spacial score (nSPS) is 25.0. The maximum Gasteiger partial charge on any atom is 0.251 e. The lowest BCUT2D eigenvalue weighted by Crippen LogP contribution is -2.43. The second kappa shape index (κ2) is 7.37. The van der Waals surface area contributed by atoms with Gasteiger partial charge in [-0.25, -0.2) is 9.97 Å². The fraction of sp³-hybridized carbons (Fsp3) is 0.474. The van der Waals surface area contributed by atoms with Crippen LogP contribution in [0.4, 0.5) is 5.95 Å². The van der Waals surface area contributed by atoms with Gasteiger partial charge in [-0.3, -0.25) is 9.78 Å². The first-order chi connectivity index (χ1) is 12.7. The van der Waals surface area contributed by atoms with Crippen LogP contribution in [0.15, 0.2) is 42.9 Å². The zero-order chi connectivity index (χ0) is 17.9. The summed E-state index contributed by atoms with van der Waals surface area (Å²) in [5.41, 5.74) is 0.881. The van der Waals surface area contributed by atoms with Gasteiger partial charge in [0.2, 0.25) is 5.95 Å². The van der Waals surface area contributed by atoms with Gasteiger partial charge in [0.1, 0.15) is 6.10 Å². The number of likely N-dealkylation sites (N-methyl/N-ethyl adjacent to an activating group) is 1. The van der Waals surface area contributed by atoms with Gasteiger partial charge < -0.3 is 14.5 Å². The first-order valence-electron chi connectivity index (χ1n) is 9.03. The number of piperidine rings is 1.